The van der Waals surface area contributed by atoms with E-state index in [1.54, 1.807) is 7.11 Å². The van der Waals surface area contributed by atoms with Gasteiger partial charge < -0.3 is 14.2 Å². The third kappa shape index (κ3) is 2.43. The van der Waals surface area contributed by atoms with Crippen molar-refractivity contribution in [2.75, 3.05) is 20.3 Å². The second-order valence-electron chi connectivity index (χ2n) is 7.18. The van der Waals surface area contributed by atoms with E-state index < -0.39 is 0 Å². The van der Waals surface area contributed by atoms with E-state index in [9.17, 15) is 4.79 Å². The van der Waals surface area contributed by atoms with Gasteiger partial charge in [0, 0.05) is 48.4 Å². The summed E-state index contributed by atoms with van der Waals surface area (Å²) in [5.74, 6) is 0.226. The Morgan fingerprint density at radius 3 is 2.76 bits per heavy atom. The van der Waals surface area contributed by atoms with Gasteiger partial charge in [0.1, 0.15) is 0 Å². The van der Waals surface area contributed by atoms with Crippen LogP contribution in [0.2, 0.25) is 0 Å². The minimum absolute atomic E-state index is 0.0732. The Hall–Kier alpha value is -2.07. The van der Waals surface area contributed by atoms with Crippen molar-refractivity contribution in [3.05, 3.63) is 46.7 Å². The second kappa shape index (κ2) is 6.34. The van der Waals surface area contributed by atoms with Gasteiger partial charge in [-0.3, -0.25) is 4.79 Å². The smallest absolute Gasteiger partial charge is 0.250 e. The fourth-order valence-electron chi connectivity index (χ4n) is 4.60. The van der Waals surface area contributed by atoms with Crippen LogP contribution in [0, 0.1) is 6.92 Å². The number of ether oxygens (including phenoxy) is 1. The zero-order valence-electron chi connectivity index (χ0n) is 15.3. The molecule has 1 aliphatic carbocycles. The predicted octanol–water partition coefficient (Wildman–Crippen LogP) is 3.89. The normalized spacial score (nSPS) is 20.7. The molecule has 1 atom stereocenters. The molecule has 0 bridgehead atoms. The quantitative estimate of drug-likeness (QED) is 0.848. The van der Waals surface area contributed by atoms with Gasteiger partial charge in [0.2, 0.25) is 0 Å². The van der Waals surface area contributed by atoms with E-state index in [0.717, 1.165) is 24.8 Å². The van der Waals surface area contributed by atoms with Crippen LogP contribution in [0.15, 0.2) is 35.4 Å². The van der Waals surface area contributed by atoms with Crippen molar-refractivity contribution in [1.29, 1.82) is 0 Å². The molecule has 1 aromatic heterocycles. The largest absolute Gasteiger partial charge is 0.383 e. The summed E-state index contributed by atoms with van der Waals surface area (Å²) in [4.78, 5) is 15.1. The molecule has 2 aliphatic rings. The molecule has 1 aliphatic heterocycles. The first-order valence-electron chi connectivity index (χ1n) is 9.21. The van der Waals surface area contributed by atoms with E-state index in [1.807, 2.05) is 4.90 Å². The number of carbonyl (C=O) groups excluding carboxylic acids is 1. The molecule has 0 saturated heterocycles. The molecular formula is C21H26N2O2. The summed E-state index contributed by atoms with van der Waals surface area (Å²) in [7, 11) is 3.82. The van der Waals surface area contributed by atoms with Crippen LogP contribution in [-0.4, -0.2) is 35.6 Å². The number of rotatable bonds is 4. The Morgan fingerprint density at radius 1 is 1.20 bits per heavy atom. The molecule has 132 valence electrons. The van der Waals surface area contributed by atoms with Gasteiger partial charge in [-0.25, -0.2) is 0 Å². The molecule has 25 heavy (non-hydrogen) atoms. The van der Waals surface area contributed by atoms with Crippen molar-refractivity contribution in [3.8, 4) is 0 Å². The highest BCUT2D eigenvalue weighted by molar-refractivity contribution is 5.99. The van der Waals surface area contributed by atoms with E-state index in [0.29, 0.717) is 13.2 Å². The average Bonchev–Trinajstić information content (AvgIpc) is 3.06. The summed E-state index contributed by atoms with van der Waals surface area (Å²) in [5, 5.41) is 1.27. The minimum Gasteiger partial charge on any atom is -0.383 e. The van der Waals surface area contributed by atoms with Crippen LogP contribution in [0.5, 0.6) is 0 Å². The lowest BCUT2D eigenvalue weighted by atomic mass is 9.87. The summed E-state index contributed by atoms with van der Waals surface area (Å²) in [6.45, 7) is 3.40. The number of aromatic nitrogens is 1. The van der Waals surface area contributed by atoms with Crippen LogP contribution < -0.4 is 0 Å². The Morgan fingerprint density at radius 2 is 1.96 bits per heavy atom. The number of hydrogen-bond donors (Lipinski definition) is 0. The maximum absolute atomic E-state index is 13.1. The Kier molecular flexibility index (Phi) is 4.16. The van der Waals surface area contributed by atoms with Crippen molar-refractivity contribution in [3.63, 3.8) is 0 Å². The molecule has 1 aromatic carbocycles. The Balaban J connectivity index is 1.90. The van der Waals surface area contributed by atoms with Gasteiger partial charge >= 0.3 is 0 Å². The van der Waals surface area contributed by atoms with Gasteiger partial charge in [-0.05, 0) is 44.2 Å². The van der Waals surface area contributed by atoms with Crippen LogP contribution in [0.3, 0.4) is 0 Å². The number of methoxy groups -OCH3 is 1. The van der Waals surface area contributed by atoms with Crippen LogP contribution in [0.25, 0.3) is 10.9 Å². The fraction of sp³-hybridized carbons (Fsp3) is 0.476. The van der Waals surface area contributed by atoms with Gasteiger partial charge in [-0.1, -0.05) is 18.2 Å². The summed E-state index contributed by atoms with van der Waals surface area (Å²) in [6.07, 6.45) is 4.28. The number of nitrogens with zero attached hydrogens (tertiary/aromatic N) is 2. The molecule has 0 saturated carbocycles. The summed E-state index contributed by atoms with van der Waals surface area (Å²) in [6, 6.07) is 8.61. The number of fused-ring (bicyclic) bond motifs is 1. The first-order chi connectivity index (χ1) is 12.1. The molecule has 4 rings (SSSR count). The van der Waals surface area contributed by atoms with Crippen LogP contribution in [0.4, 0.5) is 0 Å². The van der Waals surface area contributed by atoms with Gasteiger partial charge in [0.15, 0.2) is 0 Å². The van der Waals surface area contributed by atoms with Crippen LogP contribution >= 0.6 is 0 Å². The van der Waals surface area contributed by atoms with Gasteiger partial charge in [-0.15, -0.1) is 0 Å². The zero-order chi connectivity index (χ0) is 17.6. The highest BCUT2D eigenvalue weighted by atomic mass is 16.5. The van der Waals surface area contributed by atoms with Gasteiger partial charge in [0.05, 0.1) is 12.6 Å². The molecular weight excluding hydrogens is 312 g/mol. The number of hydrogen-bond acceptors (Lipinski definition) is 2. The second-order valence-corrected chi connectivity index (χ2v) is 7.18. The van der Waals surface area contributed by atoms with E-state index >= 15 is 0 Å². The lowest BCUT2D eigenvalue weighted by Crippen LogP contribution is -2.33. The number of para-hydroxylation sites is 1. The monoisotopic (exact) mass is 338 g/mol. The highest BCUT2D eigenvalue weighted by Gasteiger charge is 2.42. The molecule has 0 fully saturated rings. The van der Waals surface area contributed by atoms with Gasteiger partial charge in [-0.2, -0.15) is 0 Å². The molecule has 0 unspecified atom stereocenters. The van der Waals surface area contributed by atoms with Crippen molar-refractivity contribution in [2.45, 2.75) is 38.6 Å². The van der Waals surface area contributed by atoms with Gasteiger partial charge in [0.25, 0.3) is 5.91 Å². The van der Waals surface area contributed by atoms with Crippen molar-refractivity contribution >= 4 is 16.8 Å². The average molecular weight is 338 g/mol. The fourth-order valence-corrected chi connectivity index (χ4v) is 4.60. The van der Waals surface area contributed by atoms with E-state index in [2.05, 4.69) is 42.8 Å². The summed E-state index contributed by atoms with van der Waals surface area (Å²) >= 11 is 0. The maximum atomic E-state index is 13.1. The first-order valence-corrected chi connectivity index (χ1v) is 9.21. The van der Waals surface area contributed by atoms with Crippen molar-refractivity contribution in [2.24, 2.45) is 7.05 Å². The molecule has 4 nitrogen and oxygen atoms in total. The van der Waals surface area contributed by atoms with E-state index in [4.69, 9.17) is 4.74 Å². The third-order valence-corrected chi connectivity index (χ3v) is 5.93. The summed E-state index contributed by atoms with van der Waals surface area (Å²) < 4.78 is 7.55. The Labute approximate surface area is 149 Å². The minimum atomic E-state index is 0.0732. The highest BCUT2D eigenvalue weighted by Crippen LogP contribution is 2.47. The van der Waals surface area contributed by atoms with E-state index in [-0.39, 0.29) is 11.9 Å². The topological polar surface area (TPSA) is 34.5 Å². The van der Waals surface area contributed by atoms with Crippen LogP contribution in [0.1, 0.15) is 43.0 Å². The van der Waals surface area contributed by atoms with E-state index in [1.165, 1.54) is 34.2 Å². The summed E-state index contributed by atoms with van der Waals surface area (Å²) in [5.41, 5.74) is 6.21. The Bertz CT molecular complexity index is 862. The number of benzene rings is 1. The predicted molar refractivity (Wildman–Crippen MR) is 99.5 cm³/mol. The lowest BCUT2D eigenvalue weighted by Gasteiger charge is -2.28. The standard InChI is InChI=1S/C21H26N2O2/c1-14-19(17-10-6-7-11-18(17)22(14)2)20-15-8-4-5-9-16(15)21(24)23(20)12-13-25-3/h6-7,10-11,20H,4-5,8-9,12-13H2,1-3H3/t20-/m0/s1. The maximum Gasteiger partial charge on any atom is 0.250 e. The van der Waals surface area contributed by atoms with Crippen LogP contribution in [-0.2, 0) is 16.6 Å². The third-order valence-electron chi connectivity index (χ3n) is 5.93. The SMILES string of the molecule is COCCN1C(=O)C2=C(CCCC2)[C@H]1c1c(C)n(C)c2ccccc12. The number of carbonyl (C=O) groups is 1. The van der Waals surface area contributed by atoms with Crippen molar-refractivity contribution in [1.82, 2.24) is 9.47 Å². The molecule has 4 heteroatoms. The lowest BCUT2D eigenvalue weighted by molar-refractivity contribution is -0.127. The van der Waals surface area contributed by atoms with Crippen molar-refractivity contribution < 1.29 is 9.53 Å². The first kappa shape index (κ1) is 16.4. The molecule has 0 N–H and O–H groups in total. The number of amides is 1. The molecule has 2 heterocycles. The molecule has 0 spiro atoms. The molecule has 1 amide bonds. The number of aryl methyl sites for hydroxylation is 1. The molecule has 2 aromatic rings. The molecule has 0 radical (unpaired) electrons. The zero-order valence-corrected chi connectivity index (χ0v) is 15.3.